The minimum Gasteiger partial charge on any atom is -0.343 e. The first-order valence-electron chi connectivity index (χ1n) is 6.26. The highest BCUT2D eigenvalue weighted by Gasteiger charge is 2.38. The van der Waals surface area contributed by atoms with Crippen LogP contribution in [0.5, 0.6) is 0 Å². The lowest BCUT2D eigenvalue weighted by Crippen LogP contribution is -2.29. The average Bonchev–Trinajstić information content (AvgIpc) is 2.91. The molecule has 2 aromatic rings. The van der Waals surface area contributed by atoms with Crippen molar-refractivity contribution < 1.29 is 9.47 Å². The van der Waals surface area contributed by atoms with Gasteiger partial charge in [0.25, 0.3) is 0 Å². The van der Waals surface area contributed by atoms with Crippen LogP contribution in [0.25, 0.3) is 0 Å². The second kappa shape index (κ2) is 4.92. The minimum atomic E-state index is -0.609. The van der Waals surface area contributed by atoms with E-state index in [1.54, 1.807) is 0 Å². The highest BCUT2D eigenvalue weighted by Crippen LogP contribution is 2.34. The molecule has 3 rings (SSSR count). The molecule has 1 saturated heterocycles. The van der Waals surface area contributed by atoms with Gasteiger partial charge in [0.2, 0.25) is 0 Å². The van der Waals surface area contributed by atoms with Crippen LogP contribution in [0.4, 0.5) is 0 Å². The zero-order chi connectivity index (χ0) is 12.3. The Hall–Kier alpha value is -1.64. The summed E-state index contributed by atoms with van der Waals surface area (Å²) in [6.07, 6.45) is 0.748. The maximum atomic E-state index is 5.91. The summed E-state index contributed by atoms with van der Waals surface area (Å²) in [6, 6.07) is 20.5. The molecule has 0 aliphatic carbocycles. The lowest BCUT2D eigenvalue weighted by Gasteiger charge is -2.28. The van der Waals surface area contributed by atoms with Gasteiger partial charge in [-0.2, -0.15) is 0 Å². The highest BCUT2D eigenvalue weighted by atomic mass is 16.7. The van der Waals surface area contributed by atoms with Crippen LogP contribution in [0, 0.1) is 0 Å². The van der Waals surface area contributed by atoms with Gasteiger partial charge in [0.15, 0.2) is 5.79 Å². The fraction of sp³-hybridized carbons (Fsp3) is 0.250. The van der Waals surface area contributed by atoms with Crippen LogP contribution >= 0.6 is 0 Å². The summed E-state index contributed by atoms with van der Waals surface area (Å²) < 4.78 is 11.8. The zero-order valence-electron chi connectivity index (χ0n) is 10.2. The fourth-order valence-corrected chi connectivity index (χ4v) is 2.38. The zero-order valence-corrected chi connectivity index (χ0v) is 10.2. The van der Waals surface area contributed by atoms with Crippen molar-refractivity contribution in [1.82, 2.24) is 0 Å². The van der Waals surface area contributed by atoms with Crippen molar-refractivity contribution in [2.24, 2.45) is 0 Å². The second-order valence-corrected chi connectivity index (χ2v) is 4.48. The van der Waals surface area contributed by atoms with Crippen molar-refractivity contribution in [1.29, 1.82) is 0 Å². The molecule has 0 saturated carbocycles. The van der Waals surface area contributed by atoms with Crippen LogP contribution in [0.2, 0.25) is 0 Å². The van der Waals surface area contributed by atoms with Crippen LogP contribution in [-0.4, -0.2) is 13.2 Å². The third kappa shape index (κ3) is 2.17. The largest absolute Gasteiger partial charge is 0.343 e. The van der Waals surface area contributed by atoms with Crippen LogP contribution in [0.15, 0.2) is 60.7 Å². The SMILES string of the molecule is c1ccc(CC2(c3ccccc3)OCCO2)cc1. The molecule has 2 heteroatoms. The van der Waals surface area contributed by atoms with Gasteiger partial charge in [-0.1, -0.05) is 60.7 Å². The van der Waals surface area contributed by atoms with Gasteiger partial charge in [-0.25, -0.2) is 0 Å². The van der Waals surface area contributed by atoms with Gasteiger partial charge in [0, 0.05) is 12.0 Å². The Balaban J connectivity index is 1.93. The van der Waals surface area contributed by atoms with E-state index in [0.29, 0.717) is 13.2 Å². The number of ether oxygens (including phenoxy) is 2. The smallest absolute Gasteiger partial charge is 0.199 e. The molecule has 1 heterocycles. The summed E-state index contributed by atoms with van der Waals surface area (Å²) in [5.74, 6) is -0.609. The van der Waals surface area contributed by atoms with Crippen molar-refractivity contribution in [2.75, 3.05) is 13.2 Å². The normalized spacial score (nSPS) is 17.8. The summed E-state index contributed by atoms with van der Waals surface area (Å²) in [6.45, 7) is 1.31. The molecule has 2 nitrogen and oxygen atoms in total. The van der Waals surface area contributed by atoms with E-state index in [0.717, 1.165) is 12.0 Å². The molecule has 0 spiro atoms. The summed E-state index contributed by atoms with van der Waals surface area (Å²) >= 11 is 0. The van der Waals surface area contributed by atoms with E-state index in [2.05, 4.69) is 24.3 Å². The first-order chi connectivity index (χ1) is 8.89. The molecule has 1 aliphatic rings. The van der Waals surface area contributed by atoms with Crippen LogP contribution < -0.4 is 0 Å². The number of hydrogen-bond donors (Lipinski definition) is 0. The Morgan fingerprint density at radius 2 is 1.33 bits per heavy atom. The summed E-state index contributed by atoms with van der Waals surface area (Å²) in [7, 11) is 0. The number of benzene rings is 2. The van der Waals surface area contributed by atoms with Crippen LogP contribution in [0.1, 0.15) is 11.1 Å². The maximum absolute atomic E-state index is 5.91. The van der Waals surface area contributed by atoms with Gasteiger partial charge in [-0.15, -0.1) is 0 Å². The van der Waals surface area contributed by atoms with Crippen molar-refractivity contribution >= 4 is 0 Å². The molecule has 0 amide bonds. The number of hydrogen-bond acceptors (Lipinski definition) is 2. The van der Waals surface area contributed by atoms with Gasteiger partial charge < -0.3 is 9.47 Å². The Morgan fingerprint density at radius 3 is 1.94 bits per heavy atom. The first kappa shape index (κ1) is 11.5. The van der Waals surface area contributed by atoms with Crippen molar-refractivity contribution in [2.45, 2.75) is 12.2 Å². The fourth-order valence-electron chi connectivity index (χ4n) is 2.38. The van der Waals surface area contributed by atoms with Gasteiger partial charge in [0.05, 0.1) is 13.2 Å². The Morgan fingerprint density at radius 1 is 0.778 bits per heavy atom. The predicted octanol–water partition coefficient (Wildman–Crippen LogP) is 3.13. The van der Waals surface area contributed by atoms with Crippen molar-refractivity contribution in [3.63, 3.8) is 0 Å². The first-order valence-corrected chi connectivity index (χ1v) is 6.26. The predicted molar refractivity (Wildman–Crippen MR) is 70.2 cm³/mol. The number of rotatable bonds is 3. The van der Waals surface area contributed by atoms with Crippen molar-refractivity contribution in [3.8, 4) is 0 Å². The van der Waals surface area contributed by atoms with Crippen molar-refractivity contribution in [3.05, 3.63) is 71.8 Å². The van der Waals surface area contributed by atoms with Crippen LogP contribution in [-0.2, 0) is 21.7 Å². The lowest BCUT2D eigenvalue weighted by atomic mass is 9.97. The standard InChI is InChI=1S/C16H16O2/c1-3-7-14(8-4-1)13-16(17-11-12-18-16)15-9-5-2-6-10-15/h1-10H,11-13H2. The van der Waals surface area contributed by atoms with Gasteiger partial charge in [-0.05, 0) is 5.56 Å². The van der Waals surface area contributed by atoms with Gasteiger partial charge in [0.1, 0.15) is 0 Å². The summed E-state index contributed by atoms with van der Waals surface area (Å²) in [4.78, 5) is 0. The average molecular weight is 240 g/mol. The van der Waals surface area contributed by atoms with E-state index >= 15 is 0 Å². The van der Waals surface area contributed by atoms with E-state index in [1.165, 1.54) is 5.56 Å². The molecule has 0 radical (unpaired) electrons. The topological polar surface area (TPSA) is 18.5 Å². The molecule has 0 atom stereocenters. The Labute approximate surface area is 107 Å². The molecule has 18 heavy (non-hydrogen) atoms. The minimum absolute atomic E-state index is 0.609. The molecule has 0 unspecified atom stereocenters. The molecular weight excluding hydrogens is 224 g/mol. The Bertz CT molecular complexity index is 487. The molecule has 2 aromatic carbocycles. The highest BCUT2D eigenvalue weighted by molar-refractivity contribution is 5.25. The summed E-state index contributed by atoms with van der Waals surface area (Å²) in [5.41, 5.74) is 2.31. The van der Waals surface area contributed by atoms with Gasteiger partial charge >= 0.3 is 0 Å². The van der Waals surface area contributed by atoms with E-state index in [1.807, 2.05) is 36.4 Å². The van der Waals surface area contributed by atoms with E-state index in [9.17, 15) is 0 Å². The Kier molecular flexibility index (Phi) is 3.13. The lowest BCUT2D eigenvalue weighted by molar-refractivity contribution is -0.164. The van der Waals surface area contributed by atoms with Crippen LogP contribution in [0.3, 0.4) is 0 Å². The maximum Gasteiger partial charge on any atom is 0.199 e. The molecule has 1 aliphatic heterocycles. The monoisotopic (exact) mass is 240 g/mol. The molecule has 0 N–H and O–H groups in total. The summed E-state index contributed by atoms with van der Waals surface area (Å²) in [5, 5.41) is 0. The third-order valence-electron chi connectivity index (χ3n) is 3.25. The molecule has 0 bridgehead atoms. The molecule has 0 aromatic heterocycles. The van der Waals surface area contributed by atoms with E-state index < -0.39 is 5.79 Å². The van der Waals surface area contributed by atoms with E-state index in [4.69, 9.17) is 9.47 Å². The van der Waals surface area contributed by atoms with E-state index in [-0.39, 0.29) is 0 Å². The third-order valence-corrected chi connectivity index (χ3v) is 3.25. The molecular formula is C16H16O2. The van der Waals surface area contributed by atoms with Gasteiger partial charge in [-0.3, -0.25) is 0 Å². The second-order valence-electron chi connectivity index (χ2n) is 4.48. The molecule has 92 valence electrons. The quantitative estimate of drug-likeness (QED) is 0.820. The molecule has 1 fully saturated rings.